The van der Waals surface area contributed by atoms with Crippen LogP contribution < -0.4 is 19.5 Å². The van der Waals surface area contributed by atoms with Gasteiger partial charge in [0.05, 0.1) is 21.3 Å². The summed E-state index contributed by atoms with van der Waals surface area (Å²) in [5.74, 6) is 2.21. The van der Waals surface area contributed by atoms with E-state index in [4.69, 9.17) is 14.2 Å². The van der Waals surface area contributed by atoms with Crippen LogP contribution in [0, 0.1) is 0 Å². The Kier molecular flexibility index (Phi) is 3.53. The van der Waals surface area contributed by atoms with E-state index in [-0.39, 0.29) is 11.8 Å². The fourth-order valence-corrected chi connectivity index (χ4v) is 4.14. The van der Waals surface area contributed by atoms with Crippen molar-refractivity contribution < 1.29 is 19.3 Å². The number of ether oxygens (including phenoxy) is 3. The average Bonchev–Trinajstić information content (AvgIpc) is 2.61. The number of methoxy groups -OCH3 is 3. The highest BCUT2D eigenvalue weighted by Crippen LogP contribution is 2.56. The second-order valence-corrected chi connectivity index (χ2v) is 6.14. The molecule has 5 nitrogen and oxygen atoms in total. The first-order valence-corrected chi connectivity index (χ1v) is 8.10. The Morgan fingerprint density at radius 2 is 1.75 bits per heavy atom. The fraction of sp³-hybridized carbons (Fsp3) is 0.368. The van der Waals surface area contributed by atoms with E-state index in [1.54, 1.807) is 27.4 Å². The van der Waals surface area contributed by atoms with E-state index in [0.29, 0.717) is 11.5 Å². The van der Waals surface area contributed by atoms with E-state index >= 15 is 0 Å². The average molecular weight is 327 g/mol. The van der Waals surface area contributed by atoms with Gasteiger partial charge in [0.25, 0.3) is 0 Å². The molecule has 0 bridgehead atoms. The summed E-state index contributed by atoms with van der Waals surface area (Å²) in [5, 5.41) is 14.1. The highest BCUT2D eigenvalue weighted by Gasteiger charge is 2.37. The molecule has 1 aliphatic heterocycles. The van der Waals surface area contributed by atoms with E-state index < -0.39 is 0 Å². The van der Waals surface area contributed by atoms with Crippen molar-refractivity contribution in [2.24, 2.45) is 0 Å². The summed E-state index contributed by atoms with van der Waals surface area (Å²) in [5.41, 5.74) is 5.17. The lowest BCUT2D eigenvalue weighted by atomic mass is 9.76. The third kappa shape index (κ3) is 1.91. The molecule has 1 aliphatic carbocycles. The van der Waals surface area contributed by atoms with Gasteiger partial charge in [-0.25, -0.2) is 0 Å². The molecule has 126 valence electrons. The molecule has 2 aliphatic rings. The summed E-state index contributed by atoms with van der Waals surface area (Å²) in [6, 6.07) is 5.85. The highest BCUT2D eigenvalue weighted by molar-refractivity contribution is 5.88. The molecule has 5 heteroatoms. The van der Waals surface area contributed by atoms with Gasteiger partial charge in [-0.3, -0.25) is 0 Å². The van der Waals surface area contributed by atoms with Gasteiger partial charge < -0.3 is 24.6 Å². The van der Waals surface area contributed by atoms with Gasteiger partial charge in [-0.2, -0.15) is 0 Å². The number of nitrogens with one attached hydrogen (secondary N) is 1. The number of fused-ring (bicyclic) bond motifs is 2. The van der Waals surface area contributed by atoms with Crippen LogP contribution in [-0.2, 0) is 12.8 Å². The Morgan fingerprint density at radius 1 is 1.00 bits per heavy atom. The molecule has 2 aromatic carbocycles. The van der Waals surface area contributed by atoms with Crippen molar-refractivity contribution in [3.05, 3.63) is 34.9 Å². The monoisotopic (exact) mass is 327 g/mol. The van der Waals surface area contributed by atoms with Crippen LogP contribution in [0.1, 0.15) is 22.7 Å². The number of phenols is 1. The van der Waals surface area contributed by atoms with Gasteiger partial charge in [0.2, 0.25) is 5.75 Å². The lowest BCUT2D eigenvalue weighted by molar-refractivity contribution is 0.318. The molecule has 1 unspecified atom stereocenters. The minimum Gasteiger partial charge on any atom is -0.507 e. The van der Waals surface area contributed by atoms with Crippen molar-refractivity contribution in [2.45, 2.75) is 18.9 Å². The number of aromatic hydroxyl groups is 1. The topological polar surface area (TPSA) is 60.0 Å². The van der Waals surface area contributed by atoms with Crippen molar-refractivity contribution in [2.75, 3.05) is 27.9 Å². The van der Waals surface area contributed by atoms with Crippen LogP contribution in [-0.4, -0.2) is 33.0 Å². The van der Waals surface area contributed by atoms with E-state index in [9.17, 15) is 5.11 Å². The van der Waals surface area contributed by atoms with Crippen molar-refractivity contribution in [1.82, 2.24) is 5.32 Å². The van der Waals surface area contributed by atoms with Crippen LogP contribution in [0.4, 0.5) is 0 Å². The Hall–Kier alpha value is -2.40. The molecule has 0 saturated carbocycles. The lowest BCUT2D eigenvalue weighted by Crippen LogP contribution is -2.34. The standard InChI is InChI=1S/C19H21NO4/c1-22-17-11-7-8-20-12-9-10-5-4-6-13(21)14(10)16(15(11)12)18(23-2)19(17)24-3/h4-6,12,20-21H,7-9H2,1-3H3. The van der Waals surface area contributed by atoms with E-state index in [1.807, 2.05) is 6.07 Å². The second-order valence-electron chi connectivity index (χ2n) is 6.14. The molecule has 1 heterocycles. The first-order chi connectivity index (χ1) is 11.7. The summed E-state index contributed by atoms with van der Waals surface area (Å²) < 4.78 is 17.0. The van der Waals surface area contributed by atoms with Gasteiger partial charge in [-0.15, -0.1) is 0 Å². The van der Waals surface area contributed by atoms with Crippen molar-refractivity contribution >= 4 is 0 Å². The SMILES string of the molecule is COc1c2c3c(c(OC)c1OC)-c1c(O)cccc1CC3NCC2. The molecular weight excluding hydrogens is 306 g/mol. The molecule has 0 aromatic heterocycles. The molecule has 0 amide bonds. The molecular formula is C19H21NO4. The smallest absolute Gasteiger partial charge is 0.204 e. The molecule has 0 spiro atoms. The zero-order valence-corrected chi connectivity index (χ0v) is 14.1. The van der Waals surface area contributed by atoms with Crippen molar-refractivity contribution in [3.63, 3.8) is 0 Å². The van der Waals surface area contributed by atoms with Crippen LogP contribution in [0.25, 0.3) is 11.1 Å². The van der Waals surface area contributed by atoms with Crippen LogP contribution in [0.15, 0.2) is 18.2 Å². The van der Waals surface area contributed by atoms with Crippen molar-refractivity contribution in [3.8, 4) is 34.1 Å². The molecule has 2 aromatic rings. The number of hydrogen-bond donors (Lipinski definition) is 2. The van der Waals surface area contributed by atoms with Crippen molar-refractivity contribution in [1.29, 1.82) is 0 Å². The fourth-order valence-electron chi connectivity index (χ4n) is 4.14. The van der Waals surface area contributed by atoms with Gasteiger partial charge >= 0.3 is 0 Å². The van der Waals surface area contributed by atoms with Crippen LogP contribution in [0.3, 0.4) is 0 Å². The van der Waals surface area contributed by atoms with E-state index in [2.05, 4.69) is 11.4 Å². The molecule has 0 saturated heterocycles. The number of phenolic OH excluding ortho intramolecular Hbond substituents is 1. The Balaban J connectivity index is 2.16. The largest absolute Gasteiger partial charge is 0.507 e. The highest BCUT2D eigenvalue weighted by atomic mass is 16.5. The summed E-state index contributed by atoms with van der Waals surface area (Å²) in [6.45, 7) is 0.886. The zero-order chi connectivity index (χ0) is 16.8. The number of hydrogen-bond acceptors (Lipinski definition) is 5. The van der Waals surface area contributed by atoms with Gasteiger partial charge in [0.15, 0.2) is 11.5 Å². The normalized spacial score (nSPS) is 17.7. The van der Waals surface area contributed by atoms with Crippen LogP contribution in [0.2, 0.25) is 0 Å². The summed E-state index contributed by atoms with van der Waals surface area (Å²) in [7, 11) is 4.90. The molecule has 2 N–H and O–H groups in total. The molecule has 0 fully saturated rings. The summed E-state index contributed by atoms with van der Waals surface area (Å²) in [6.07, 6.45) is 1.69. The molecule has 24 heavy (non-hydrogen) atoms. The van der Waals surface area contributed by atoms with Gasteiger partial charge in [-0.1, -0.05) is 12.1 Å². The van der Waals surface area contributed by atoms with Gasteiger partial charge in [0.1, 0.15) is 5.75 Å². The minimum atomic E-state index is 0.187. The van der Waals surface area contributed by atoms with Gasteiger partial charge in [0, 0.05) is 22.7 Å². The quantitative estimate of drug-likeness (QED) is 0.908. The Labute approximate surface area is 141 Å². The van der Waals surface area contributed by atoms with E-state index in [1.165, 1.54) is 0 Å². The maximum absolute atomic E-state index is 10.5. The zero-order valence-electron chi connectivity index (χ0n) is 14.1. The van der Waals surface area contributed by atoms with Crippen LogP contribution in [0.5, 0.6) is 23.0 Å². The minimum absolute atomic E-state index is 0.187. The first kappa shape index (κ1) is 15.1. The third-order valence-corrected chi connectivity index (χ3v) is 5.04. The van der Waals surface area contributed by atoms with Gasteiger partial charge in [-0.05, 0) is 36.6 Å². The molecule has 0 radical (unpaired) electrons. The first-order valence-electron chi connectivity index (χ1n) is 8.10. The van der Waals surface area contributed by atoms with E-state index in [0.717, 1.165) is 53.0 Å². The predicted octanol–water partition coefficient (Wildman–Crippen LogP) is 2.83. The Bertz CT molecular complexity index is 816. The maximum Gasteiger partial charge on any atom is 0.204 e. The van der Waals surface area contributed by atoms with Crippen LogP contribution >= 0.6 is 0 Å². The maximum atomic E-state index is 10.5. The lowest BCUT2D eigenvalue weighted by Gasteiger charge is -2.36. The number of benzene rings is 2. The molecule has 4 rings (SSSR count). The third-order valence-electron chi connectivity index (χ3n) is 5.04. The summed E-state index contributed by atoms with van der Waals surface area (Å²) >= 11 is 0. The molecule has 1 atom stereocenters. The predicted molar refractivity (Wildman–Crippen MR) is 91.4 cm³/mol. The summed E-state index contributed by atoms with van der Waals surface area (Å²) in [4.78, 5) is 0. The Morgan fingerprint density at radius 3 is 2.46 bits per heavy atom. The second kappa shape index (κ2) is 5.60. The number of rotatable bonds is 3.